The number of aromatic nitrogens is 1. The maximum Gasteiger partial charge on any atom is 0.416 e. The predicted octanol–water partition coefficient (Wildman–Crippen LogP) is 4.65. The van der Waals surface area contributed by atoms with Crippen molar-refractivity contribution in [3.63, 3.8) is 0 Å². The zero-order chi connectivity index (χ0) is 26.4. The largest absolute Gasteiger partial charge is 0.493 e. The van der Waals surface area contributed by atoms with Crippen molar-refractivity contribution in [2.75, 3.05) is 33.6 Å². The topological polar surface area (TPSA) is 70.1 Å². The molecule has 0 N–H and O–H groups in total. The summed E-state index contributed by atoms with van der Waals surface area (Å²) in [6.45, 7) is 0.262. The third-order valence-electron chi connectivity index (χ3n) is 7.14. The van der Waals surface area contributed by atoms with Gasteiger partial charge in [-0.1, -0.05) is 0 Å². The summed E-state index contributed by atoms with van der Waals surface area (Å²) in [5.74, 6) is -2.99. The Labute approximate surface area is 209 Å². The molecule has 1 amide bonds. The van der Waals surface area contributed by atoms with Crippen molar-refractivity contribution in [1.29, 1.82) is 0 Å². The maximum absolute atomic E-state index is 13.3. The number of amides is 1. The van der Waals surface area contributed by atoms with E-state index in [1.165, 1.54) is 18.1 Å². The second-order valence-corrected chi connectivity index (χ2v) is 9.40. The third-order valence-corrected chi connectivity index (χ3v) is 7.14. The number of carbonyl (C=O) groups is 1. The minimum Gasteiger partial charge on any atom is -0.493 e. The lowest BCUT2D eigenvalue weighted by molar-refractivity contribution is -0.138. The van der Waals surface area contributed by atoms with E-state index in [0.717, 1.165) is 18.3 Å². The molecule has 12 heteroatoms. The number of halogens is 5. The molecule has 2 aliphatic heterocycles. The zero-order valence-electron chi connectivity index (χ0n) is 19.9. The number of rotatable bonds is 7. The van der Waals surface area contributed by atoms with Crippen LogP contribution in [-0.4, -0.2) is 61.4 Å². The molecule has 200 valence electrons. The van der Waals surface area contributed by atoms with Crippen LogP contribution >= 0.6 is 0 Å². The van der Waals surface area contributed by atoms with Gasteiger partial charge in [0.05, 0.1) is 31.5 Å². The van der Waals surface area contributed by atoms with Crippen LogP contribution in [0.25, 0.3) is 0 Å². The fraction of sp³-hybridized carbons (Fsp3) is 0.520. The highest BCUT2D eigenvalue weighted by Gasteiger charge is 2.56. The van der Waals surface area contributed by atoms with Gasteiger partial charge in [-0.25, -0.2) is 8.78 Å². The lowest BCUT2D eigenvalue weighted by Crippen LogP contribution is -2.54. The van der Waals surface area contributed by atoms with E-state index in [-0.39, 0.29) is 63.1 Å². The molecule has 1 aliphatic carbocycles. The molecule has 2 aromatic rings. The number of alkyl halides is 5. The highest BCUT2D eigenvalue weighted by Crippen LogP contribution is 2.50. The van der Waals surface area contributed by atoms with Gasteiger partial charge >= 0.3 is 6.18 Å². The highest BCUT2D eigenvalue weighted by atomic mass is 19.4. The first kappa shape index (κ1) is 25.7. The first-order chi connectivity index (χ1) is 17.5. The Morgan fingerprint density at radius 3 is 2.70 bits per heavy atom. The number of ether oxygens (including phenoxy) is 4. The number of pyridine rings is 1. The van der Waals surface area contributed by atoms with Gasteiger partial charge < -0.3 is 23.8 Å². The van der Waals surface area contributed by atoms with Crippen molar-refractivity contribution >= 4 is 5.91 Å². The molecule has 3 atom stereocenters. The number of nitrogens with zero attached hydrogens (tertiary/aromatic N) is 2. The molecule has 3 fully saturated rings. The van der Waals surface area contributed by atoms with Crippen molar-refractivity contribution in [2.24, 2.45) is 5.92 Å². The van der Waals surface area contributed by atoms with Crippen molar-refractivity contribution in [3.8, 4) is 11.5 Å². The quantitative estimate of drug-likeness (QED) is 0.488. The molecular weight excluding hydrogens is 503 g/mol. The summed E-state index contributed by atoms with van der Waals surface area (Å²) < 4.78 is 88.3. The molecule has 1 aromatic carbocycles. The van der Waals surface area contributed by atoms with E-state index in [9.17, 15) is 26.7 Å². The van der Waals surface area contributed by atoms with E-state index in [0.29, 0.717) is 11.3 Å². The fourth-order valence-electron chi connectivity index (χ4n) is 4.86. The van der Waals surface area contributed by atoms with Crippen LogP contribution in [0.4, 0.5) is 22.0 Å². The molecule has 0 spiro atoms. The molecule has 0 bridgehead atoms. The van der Waals surface area contributed by atoms with Gasteiger partial charge in [-0.3, -0.25) is 9.78 Å². The summed E-state index contributed by atoms with van der Waals surface area (Å²) in [6.07, 6.45) is -3.85. The van der Waals surface area contributed by atoms with Gasteiger partial charge in [0.1, 0.15) is 18.5 Å². The second kappa shape index (κ2) is 9.39. The first-order valence-electron chi connectivity index (χ1n) is 11.8. The minimum atomic E-state index is -4.53. The Morgan fingerprint density at radius 2 is 2.00 bits per heavy atom. The lowest BCUT2D eigenvalue weighted by Gasteiger charge is -2.41. The van der Waals surface area contributed by atoms with Gasteiger partial charge in [-0.05, 0) is 36.8 Å². The van der Waals surface area contributed by atoms with Gasteiger partial charge in [-0.2, -0.15) is 13.2 Å². The molecule has 5 rings (SSSR count). The van der Waals surface area contributed by atoms with E-state index >= 15 is 0 Å². The van der Waals surface area contributed by atoms with Crippen LogP contribution in [0.1, 0.15) is 40.9 Å². The van der Waals surface area contributed by atoms with E-state index in [2.05, 4.69) is 4.98 Å². The third kappa shape index (κ3) is 4.96. The number of carbonyl (C=O) groups excluding carboxylic acids is 1. The van der Waals surface area contributed by atoms with E-state index in [1.54, 1.807) is 12.1 Å². The van der Waals surface area contributed by atoms with Gasteiger partial charge in [0.2, 0.25) is 0 Å². The number of piperidine rings is 1. The Bertz CT molecular complexity index is 1180. The highest BCUT2D eigenvalue weighted by molar-refractivity contribution is 5.95. The summed E-state index contributed by atoms with van der Waals surface area (Å²) in [4.78, 5) is 18.9. The SMILES string of the molecule is COc1cc(C(=O)N2CC[C@]3(c4cc(C(F)(F)F)ccn4)OCOC3C2)ccc1OCCC1CC1(F)F. The zero-order valence-corrected chi connectivity index (χ0v) is 19.9. The van der Waals surface area contributed by atoms with Crippen molar-refractivity contribution in [2.45, 2.75) is 43.1 Å². The molecule has 1 aromatic heterocycles. The molecule has 3 heterocycles. The van der Waals surface area contributed by atoms with Gasteiger partial charge in [0.25, 0.3) is 11.8 Å². The van der Waals surface area contributed by atoms with Crippen molar-refractivity contribution in [1.82, 2.24) is 9.88 Å². The number of fused-ring (bicyclic) bond motifs is 1. The molecule has 2 unspecified atom stereocenters. The number of likely N-dealkylation sites (tertiary alicyclic amines) is 1. The molecule has 37 heavy (non-hydrogen) atoms. The number of benzene rings is 1. The van der Waals surface area contributed by atoms with Crippen molar-refractivity contribution < 1.29 is 45.7 Å². The fourth-order valence-corrected chi connectivity index (χ4v) is 4.86. The van der Waals surface area contributed by atoms with Gasteiger partial charge in [0, 0.05) is 37.1 Å². The Kier molecular flexibility index (Phi) is 6.51. The normalized spacial score (nSPS) is 26.5. The lowest BCUT2D eigenvalue weighted by atomic mass is 9.84. The standard InChI is InChI=1S/C25H25F5N2O5/c1-34-19-10-15(2-3-18(19)35-9-5-17-12-24(17,26)27)22(33)32-8-6-23(21(13-32)36-14-37-23)20-11-16(4-7-31-20)25(28,29)30/h2-4,7,10-11,17,21H,5-6,8-9,12-14H2,1H3/t17?,21?,23-/m1/s1. The smallest absolute Gasteiger partial charge is 0.416 e. The monoisotopic (exact) mass is 528 g/mol. The Morgan fingerprint density at radius 1 is 1.22 bits per heavy atom. The first-order valence-corrected chi connectivity index (χ1v) is 11.8. The van der Waals surface area contributed by atoms with E-state index in [4.69, 9.17) is 18.9 Å². The number of hydrogen-bond acceptors (Lipinski definition) is 6. The van der Waals surface area contributed by atoms with Crippen molar-refractivity contribution in [3.05, 3.63) is 53.3 Å². The summed E-state index contributed by atoms with van der Waals surface area (Å²) in [7, 11) is 1.41. The summed E-state index contributed by atoms with van der Waals surface area (Å²) in [6, 6.07) is 6.46. The summed E-state index contributed by atoms with van der Waals surface area (Å²) >= 11 is 0. The molecule has 2 saturated heterocycles. The minimum absolute atomic E-state index is 0.0902. The molecule has 7 nitrogen and oxygen atoms in total. The van der Waals surface area contributed by atoms with Crippen LogP contribution in [0.3, 0.4) is 0 Å². The van der Waals surface area contributed by atoms with Crippen LogP contribution < -0.4 is 9.47 Å². The average Bonchev–Trinajstić information content (AvgIpc) is 3.27. The van der Waals surface area contributed by atoms with Crippen LogP contribution in [0.15, 0.2) is 36.5 Å². The van der Waals surface area contributed by atoms with Crippen LogP contribution in [0, 0.1) is 5.92 Å². The molecular formula is C25H25F5N2O5. The van der Waals surface area contributed by atoms with Crippen LogP contribution in [0.2, 0.25) is 0 Å². The average molecular weight is 528 g/mol. The van der Waals surface area contributed by atoms with Gasteiger partial charge in [0.15, 0.2) is 11.5 Å². The Hall–Kier alpha value is -2.99. The van der Waals surface area contributed by atoms with Crippen LogP contribution in [0.5, 0.6) is 11.5 Å². The predicted molar refractivity (Wildman–Crippen MR) is 118 cm³/mol. The molecule has 1 saturated carbocycles. The number of methoxy groups -OCH3 is 1. The number of hydrogen-bond donors (Lipinski definition) is 0. The Balaban J connectivity index is 1.27. The molecule has 3 aliphatic rings. The molecule has 0 radical (unpaired) electrons. The van der Waals surface area contributed by atoms with Crippen LogP contribution in [-0.2, 0) is 21.3 Å². The summed E-state index contributed by atoms with van der Waals surface area (Å²) in [5.41, 5.74) is -1.60. The second-order valence-electron chi connectivity index (χ2n) is 9.40. The van der Waals surface area contributed by atoms with E-state index < -0.39 is 35.3 Å². The van der Waals surface area contributed by atoms with E-state index in [1.807, 2.05) is 0 Å². The summed E-state index contributed by atoms with van der Waals surface area (Å²) in [5, 5.41) is 0. The maximum atomic E-state index is 13.3. The van der Waals surface area contributed by atoms with Gasteiger partial charge in [-0.15, -0.1) is 0 Å².